The Morgan fingerprint density at radius 2 is 2.00 bits per heavy atom. The fraction of sp³-hybridized carbons (Fsp3) is 0.125. The highest BCUT2D eigenvalue weighted by Gasteiger charge is 2.07. The fourth-order valence-corrected chi connectivity index (χ4v) is 2.79. The van der Waals surface area contributed by atoms with Gasteiger partial charge in [-0.3, -0.25) is 0 Å². The van der Waals surface area contributed by atoms with E-state index in [2.05, 4.69) is 51.0 Å². The summed E-state index contributed by atoms with van der Waals surface area (Å²) in [5.41, 5.74) is 8.89. The van der Waals surface area contributed by atoms with Crippen LogP contribution in [0.3, 0.4) is 0 Å². The van der Waals surface area contributed by atoms with Crippen LogP contribution in [-0.2, 0) is 6.54 Å². The predicted molar refractivity (Wildman–Crippen MR) is 86.1 cm³/mol. The highest BCUT2D eigenvalue weighted by atomic mass is 79.9. The number of nitrogen functional groups attached to an aromatic ring is 1. The molecule has 2 aromatic carbocycles. The second-order valence-corrected chi connectivity index (χ2v) is 5.63. The van der Waals surface area contributed by atoms with Crippen molar-refractivity contribution < 1.29 is 4.74 Å². The Bertz CT molecular complexity index is 764. The monoisotopic (exact) mass is 330 g/mol. The van der Waals surface area contributed by atoms with Gasteiger partial charge in [-0.25, -0.2) is 0 Å². The topological polar surface area (TPSA) is 40.2 Å². The molecule has 0 atom stereocenters. The van der Waals surface area contributed by atoms with Crippen LogP contribution >= 0.6 is 15.9 Å². The number of nitrogens with two attached hydrogens (primary N) is 1. The van der Waals surface area contributed by atoms with Gasteiger partial charge in [0.15, 0.2) is 0 Å². The third-order valence-corrected chi connectivity index (χ3v) is 3.87. The summed E-state index contributed by atoms with van der Waals surface area (Å²) in [5.74, 6) is 0.859. The van der Waals surface area contributed by atoms with Gasteiger partial charge >= 0.3 is 0 Å². The highest BCUT2D eigenvalue weighted by molar-refractivity contribution is 9.10. The standard InChI is InChI=1S/C16H15BrN2O/c1-20-16-5-3-14(18)9-12(16)10-19-7-6-11-8-13(17)2-4-15(11)19/h2-9H,10,18H2,1H3. The van der Waals surface area contributed by atoms with Gasteiger partial charge in [0.25, 0.3) is 0 Å². The molecule has 3 rings (SSSR count). The van der Waals surface area contributed by atoms with Crippen molar-refractivity contribution in [2.75, 3.05) is 12.8 Å². The molecule has 0 unspecified atom stereocenters. The number of hydrogen-bond acceptors (Lipinski definition) is 2. The van der Waals surface area contributed by atoms with Crippen LogP contribution in [0.25, 0.3) is 10.9 Å². The van der Waals surface area contributed by atoms with Gasteiger partial charge in [0, 0.05) is 32.8 Å². The Morgan fingerprint density at radius 3 is 2.80 bits per heavy atom. The summed E-state index contributed by atoms with van der Waals surface area (Å²) >= 11 is 3.50. The van der Waals surface area contributed by atoms with Crippen molar-refractivity contribution in [2.45, 2.75) is 6.54 Å². The minimum absolute atomic E-state index is 0.735. The van der Waals surface area contributed by atoms with Crippen molar-refractivity contribution >= 4 is 32.5 Å². The van der Waals surface area contributed by atoms with E-state index in [1.807, 2.05) is 18.2 Å². The molecule has 2 N–H and O–H groups in total. The third-order valence-electron chi connectivity index (χ3n) is 3.38. The lowest BCUT2D eigenvalue weighted by Gasteiger charge is -2.11. The van der Waals surface area contributed by atoms with Gasteiger partial charge in [-0.15, -0.1) is 0 Å². The SMILES string of the molecule is COc1ccc(N)cc1Cn1ccc2cc(Br)ccc21. The number of ether oxygens (including phenoxy) is 1. The maximum atomic E-state index is 5.87. The fourth-order valence-electron chi connectivity index (χ4n) is 2.41. The molecule has 102 valence electrons. The van der Waals surface area contributed by atoms with E-state index in [1.54, 1.807) is 7.11 Å². The average molecular weight is 331 g/mol. The molecule has 0 amide bonds. The molecule has 3 nitrogen and oxygen atoms in total. The van der Waals surface area contributed by atoms with Crippen LogP contribution in [0.4, 0.5) is 5.69 Å². The van der Waals surface area contributed by atoms with Gasteiger partial charge in [-0.05, 0) is 42.5 Å². The van der Waals surface area contributed by atoms with Gasteiger partial charge in [-0.2, -0.15) is 0 Å². The molecule has 0 aliphatic rings. The predicted octanol–water partition coefficient (Wildman–Crippen LogP) is 4.04. The molecule has 1 heterocycles. The number of anilines is 1. The number of hydrogen-bond donors (Lipinski definition) is 1. The van der Waals surface area contributed by atoms with Crippen molar-refractivity contribution in [3.05, 3.63) is 58.7 Å². The Kier molecular flexibility index (Phi) is 3.40. The second kappa shape index (κ2) is 5.21. The summed E-state index contributed by atoms with van der Waals surface area (Å²) in [6, 6.07) is 14.1. The number of benzene rings is 2. The van der Waals surface area contributed by atoms with Crippen LogP contribution < -0.4 is 10.5 Å². The van der Waals surface area contributed by atoms with Crippen LogP contribution in [0.5, 0.6) is 5.75 Å². The number of fused-ring (bicyclic) bond motifs is 1. The summed E-state index contributed by atoms with van der Waals surface area (Å²) in [4.78, 5) is 0. The minimum Gasteiger partial charge on any atom is -0.496 e. The average Bonchev–Trinajstić information content (AvgIpc) is 2.81. The number of nitrogens with zero attached hydrogens (tertiary/aromatic N) is 1. The quantitative estimate of drug-likeness (QED) is 0.736. The third kappa shape index (κ3) is 2.39. The lowest BCUT2D eigenvalue weighted by molar-refractivity contribution is 0.408. The molecular weight excluding hydrogens is 316 g/mol. The Hall–Kier alpha value is -1.94. The normalized spacial score (nSPS) is 10.9. The molecule has 20 heavy (non-hydrogen) atoms. The number of rotatable bonds is 3. The maximum Gasteiger partial charge on any atom is 0.124 e. The molecular formula is C16H15BrN2O. The Labute approximate surface area is 126 Å². The van der Waals surface area contributed by atoms with Crippen LogP contribution in [0.15, 0.2) is 53.1 Å². The first-order chi connectivity index (χ1) is 9.67. The number of aromatic nitrogens is 1. The van der Waals surface area contributed by atoms with E-state index in [4.69, 9.17) is 10.5 Å². The van der Waals surface area contributed by atoms with E-state index in [0.29, 0.717) is 0 Å². The van der Waals surface area contributed by atoms with Crippen LogP contribution in [-0.4, -0.2) is 11.7 Å². The molecule has 4 heteroatoms. The first kappa shape index (κ1) is 13.1. The molecule has 0 aliphatic heterocycles. The van der Waals surface area contributed by atoms with Gasteiger partial charge in [0.1, 0.15) is 5.75 Å². The van der Waals surface area contributed by atoms with Gasteiger partial charge < -0.3 is 15.0 Å². The van der Waals surface area contributed by atoms with E-state index in [9.17, 15) is 0 Å². The molecule has 0 aliphatic carbocycles. The summed E-state index contributed by atoms with van der Waals surface area (Å²) in [5, 5.41) is 1.21. The van der Waals surface area contributed by atoms with Crippen molar-refractivity contribution in [3.8, 4) is 5.75 Å². The zero-order valence-corrected chi connectivity index (χ0v) is 12.7. The molecule has 0 radical (unpaired) electrons. The van der Waals surface area contributed by atoms with Crippen molar-refractivity contribution in [3.63, 3.8) is 0 Å². The molecule has 0 fully saturated rings. The first-order valence-electron chi connectivity index (χ1n) is 6.34. The molecule has 0 spiro atoms. The number of halogens is 1. The minimum atomic E-state index is 0.735. The number of methoxy groups -OCH3 is 1. The zero-order chi connectivity index (χ0) is 14.1. The van der Waals surface area contributed by atoms with E-state index < -0.39 is 0 Å². The van der Waals surface area contributed by atoms with Crippen LogP contribution in [0.1, 0.15) is 5.56 Å². The van der Waals surface area contributed by atoms with Crippen molar-refractivity contribution in [2.24, 2.45) is 0 Å². The lowest BCUT2D eigenvalue weighted by Crippen LogP contribution is -2.01. The van der Waals surface area contributed by atoms with Crippen molar-refractivity contribution in [1.82, 2.24) is 4.57 Å². The van der Waals surface area contributed by atoms with E-state index in [1.165, 1.54) is 10.9 Å². The molecule has 0 saturated heterocycles. The molecule has 3 aromatic rings. The van der Waals surface area contributed by atoms with Crippen LogP contribution in [0.2, 0.25) is 0 Å². The maximum absolute atomic E-state index is 5.87. The van der Waals surface area contributed by atoms with E-state index in [-0.39, 0.29) is 0 Å². The van der Waals surface area contributed by atoms with Gasteiger partial charge in [0.05, 0.1) is 13.7 Å². The molecule has 0 bridgehead atoms. The summed E-state index contributed by atoms with van der Waals surface area (Å²) in [6.45, 7) is 0.735. The van der Waals surface area contributed by atoms with Gasteiger partial charge in [-0.1, -0.05) is 15.9 Å². The smallest absolute Gasteiger partial charge is 0.124 e. The summed E-state index contributed by atoms with van der Waals surface area (Å²) < 4.78 is 8.68. The lowest BCUT2D eigenvalue weighted by atomic mass is 10.1. The van der Waals surface area contributed by atoms with Crippen LogP contribution in [0, 0.1) is 0 Å². The Morgan fingerprint density at radius 1 is 1.15 bits per heavy atom. The summed E-state index contributed by atoms with van der Waals surface area (Å²) in [6.07, 6.45) is 2.08. The van der Waals surface area contributed by atoms with E-state index >= 15 is 0 Å². The molecule has 0 saturated carbocycles. The second-order valence-electron chi connectivity index (χ2n) is 4.72. The summed E-state index contributed by atoms with van der Waals surface area (Å²) in [7, 11) is 1.68. The zero-order valence-electron chi connectivity index (χ0n) is 11.1. The van der Waals surface area contributed by atoms with Gasteiger partial charge in [0.2, 0.25) is 0 Å². The van der Waals surface area contributed by atoms with E-state index in [0.717, 1.165) is 28.0 Å². The largest absolute Gasteiger partial charge is 0.496 e. The highest BCUT2D eigenvalue weighted by Crippen LogP contribution is 2.25. The Balaban J connectivity index is 2.03. The van der Waals surface area contributed by atoms with Crippen molar-refractivity contribution in [1.29, 1.82) is 0 Å². The first-order valence-corrected chi connectivity index (χ1v) is 7.13. The molecule has 1 aromatic heterocycles.